The van der Waals surface area contributed by atoms with Crippen LogP contribution in [0.15, 0.2) is 192 Å². The van der Waals surface area contributed by atoms with Gasteiger partial charge in [0, 0.05) is 27.5 Å². The van der Waals surface area contributed by atoms with Gasteiger partial charge in [0.15, 0.2) is 0 Å². The number of rotatable bonds is 6. The fourth-order valence-electron chi connectivity index (χ4n) is 7.02. The van der Waals surface area contributed by atoms with E-state index in [0.717, 1.165) is 44.4 Å². The molecular formula is C46H31NO. The Labute approximate surface area is 279 Å². The van der Waals surface area contributed by atoms with Crippen molar-refractivity contribution < 1.29 is 4.42 Å². The van der Waals surface area contributed by atoms with Crippen LogP contribution >= 0.6 is 0 Å². The molecule has 0 fully saturated rings. The molecule has 226 valence electrons. The summed E-state index contributed by atoms with van der Waals surface area (Å²) in [4.78, 5) is 2.40. The van der Waals surface area contributed by atoms with Crippen molar-refractivity contribution in [2.24, 2.45) is 0 Å². The van der Waals surface area contributed by atoms with Crippen LogP contribution in [0.2, 0.25) is 0 Å². The molecule has 48 heavy (non-hydrogen) atoms. The average Bonchev–Trinajstić information content (AvgIpc) is 3.56. The number of anilines is 3. The van der Waals surface area contributed by atoms with Gasteiger partial charge in [0.05, 0.1) is 5.69 Å². The normalized spacial score (nSPS) is 11.3. The molecule has 0 saturated heterocycles. The number of nitrogens with zero attached hydrogens (tertiary/aromatic N) is 1. The monoisotopic (exact) mass is 613 g/mol. The fraction of sp³-hybridized carbons (Fsp3) is 0. The molecule has 0 unspecified atom stereocenters. The third-order valence-corrected chi connectivity index (χ3v) is 9.28. The van der Waals surface area contributed by atoms with E-state index in [1.807, 2.05) is 12.1 Å². The largest absolute Gasteiger partial charge is 0.456 e. The first kappa shape index (κ1) is 27.9. The van der Waals surface area contributed by atoms with Crippen LogP contribution in [-0.2, 0) is 0 Å². The Morgan fingerprint density at radius 3 is 1.65 bits per heavy atom. The van der Waals surface area contributed by atoms with Crippen LogP contribution < -0.4 is 4.90 Å². The van der Waals surface area contributed by atoms with Gasteiger partial charge in [-0.25, -0.2) is 0 Å². The van der Waals surface area contributed by atoms with Crippen LogP contribution in [0, 0.1) is 0 Å². The quantitative estimate of drug-likeness (QED) is 0.185. The highest BCUT2D eigenvalue weighted by molar-refractivity contribution is 6.21. The lowest BCUT2D eigenvalue weighted by molar-refractivity contribution is 0.669. The van der Waals surface area contributed by atoms with Crippen molar-refractivity contribution in [3.8, 4) is 33.4 Å². The van der Waals surface area contributed by atoms with Gasteiger partial charge in [-0.15, -0.1) is 0 Å². The molecule has 0 aliphatic rings. The molecule has 9 rings (SSSR count). The standard InChI is InChI=1S/C46H31NO/c1-4-13-32(14-5-1)33-23-25-36(26-24-33)47(37-27-28-38(34-15-6-2-7-16-34)42(31-37)35-17-8-3-9-18-35)43-21-12-20-40-39(43)29-30-45-46(40)41-19-10-11-22-44(41)48-45/h1-31H. The molecule has 0 N–H and O–H groups in total. The van der Waals surface area contributed by atoms with E-state index in [1.165, 1.54) is 38.8 Å². The van der Waals surface area contributed by atoms with Crippen LogP contribution in [-0.4, -0.2) is 0 Å². The lowest BCUT2D eigenvalue weighted by Crippen LogP contribution is -2.11. The number of benzene rings is 8. The van der Waals surface area contributed by atoms with Crippen molar-refractivity contribution in [1.82, 2.24) is 0 Å². The highest BCUT2D eigenvalue weighted by atomic mass is 16.3. The first-order chi connectivity index (χ1) is 23.8. The lowest BCUT2D eigenvalue weighted by atomic mass is 9.93. The minimum absolute atomic E-state index is 0.901. The SMILES string of the molecule is c1ccc(-c2ccc(N(c3ccc(-c4ccccc4)c(-c4ccccc4)c3)c3cccc4c3ccc3oc5ccccc5c34)cc2)cc1. The van der Waals surface area contributed by atoms with E-state index in [-0.39, 0.29) is 0 Å². The second-order valence-corrected chi connectivity index (χ2v) is 12.1. The summed E-state index contributed by atoms with van der Waals surface area (Å²) in [5.41, 5.74) is 12.3. The molecule has 1 heterocycles. The second kappa shape index (κ2) is 11.8. The van der Waals surface area contributed by atoms with Crippen molar-refractivity contribution in [3.63, 3.8) is 0 Å². The highest BCUT2D eigenvalue weighted by Gasteiger charge is 2.20. The Bertz CT molecular complexity index is 2530. The van der Waals surface area contributed by atoms with Gasteiger partial charge in [-0.2, -0.15) is 0 Å². The van der Waals surface area contributed by atoms with Crippen molar-refractivity contribution in [3.05, 3.63) is 188 Å². The zero-order valence-corrected chi connectivity index (χ0v) is 26.3. The Morgan fingerprint density at radius 1 is 0.333 bits per heavy atom. The number of fused-ring (bicyclic) bond motifs is 5. The molecule has 2 nitrogen and oxygen atoms in total. The first-order valence-corrected chi connectivity index (χ1v) is 16.4. The van der Waals surface area contributed by atoms with Crippen molar-refractivity contribution in [1.29, 1.82) is 0 Å². The van der Waals surface area contributed by atoms with Crippen LogP contribution in [0.1, 0.15) is 0 Å². The van der Waals surface area contributed by atoms with E-state index in [2.05, 4.69) is 181 Å². The molecule has 8 aromatic carbocycles. The number of furan rings is 1. The predicted octanol–water partition coefficient (Wildman–Crippen LogP) is 13.2. The maximum absolute atomic E-state index is 6.29. The van der Waals surface area contributed by atoms with E-state index < -0.39 is 0 Å². The van der Waals surface area contributed by atoms with Gasteiger partial charge in [-0.3, -0.25) is 0 Å². The molecular weight excluding hydrogens is 583 g/mol. The van der Waals surface area contributed by atoms with Crippen LogP contribution in [0.25, 0.3) is 66.1 Å². The summed E-state index contributed by atoms with van der Waals surface area (Å²) in [6.07, 6.45) is 0. The summed E-state index contributed by atoms with van der Waals surface area (Å²) >= 11 is 0. The molecule has 0 amide bonds. The van der Waals surface area contributed by atoms with Crippen LogP contribution in [0.3, 0.4) is 0 Å². The summed E-state index contributed by atoms with van der Waals surface area (Å²) in [5.74, 6) is 0. The van der Waals surface area contributed by atoms with Gasteiger partial charge in [-0.05, 0) is 87.3 Å². The van der Waals surface area contributed by atoms with Crippen LogP contribution in [0.4, 0.5) is 17.1 Å². The summed E-state index contributed by atoms with van der Waals surface area (Å²) in [5, 5.41) is 4.61. The van der Waals surface area contributed by atoms with Crippen molar-refractivity contribution in [2.75, 3.05) is 4.90 Å². The van der Waals surface area contributed by atoms with Gasteiger partial charge in [0.1, 0.15) is 11.2 Å². The van der Waals surface area contributed by atoms with Gasteiger partial charge in [0.2, 0.25) is 0 Å². The third-order valence-electron chi connectivity index (χ3n) is 9.28. The van der Waals surface area contributed by atoms with E-state index in [0.29, 0.717) is 0 Å². The minimum atomic E-state index is 0.901. The molecule has 2 heteroatoms. The van der Waals surface area contributed by atoms with E-state index in [9.17, 15) is 0 Å². The molecule has 0 atom stereocenters. The first-order valence-electron chi connectivity index (χ1n) is 16.4. The smallest absolute Gasteiger partial charge is 0.136 e. The Morgan fingerprint density at radius 2 is 0.917 bits per heavy atom. The highest BCUT2D eigenvalue weighted by Crippen LogP contribution is 2.45. The lowest BCUT2D eigenvalue weighted by Gasteiger charge is -2.28. The second-order valence-electron chi connectivity index (χ2n) is 12.1. The number of hydrogen-bond donors (Lipinski definition) is 0. The summed E-state index contributed by atoms with van der Waals surface area (Å²) in [7, 11) is 0. The molecule has 0 aliphatic carbocycles. The number of para-hydroxylation sites is 1. The summed E-state index contributed by atoms with van der Waals surface area (Å²) in [6, 6.07) is 66.9. The maximum Gasteiger partial charge on any atom is 0.136 e. The van der Waals surface area contributed by atoms with E-state index in [4.69, 9.17) is 4.42 Å². The third kappa shape index (κ3) is 4.83. The van der Waals surface area contributed by atoms with Crippen LogP contribution in [0.5, 0.6) is 0 Å². The molecule has 1 aromatic heterocycles. The van der Waals surface area contributed by atoms with Gasteiger partial charge in [0.25, 0.3) is 0 Å². The Balaban J connectivity index is 1.29. The molecule has 0 spiro atoms. The predicted molar refractivity (Wildman–Crippen MR) is 202 cm³/mol. The molecule has 9 aromatic rings. The fourth-order valence-corrected chi connectivity index (χ4v) is 7.02. The van der Waals surface area contributed by atoms with E-state index in [1.54, 1.807) is 0 Å². The molecule has 0 radical (unpaired) electrons. The Kier molecular flexibility index (Phi) is 6.84. The van der Waals surface area contributed by atoms with Gasteiger partial charge < -0.3 is 9.32 Å². The Hall–Kier alpha value is -6.38. The van der Waals surface area contributed by atoms with E-state index >= 15 is 0 Å². The van der Waals surface area contributed by atoms with Crippen molar-refractivity contribution >= 4 is 49.8 Å². The average molecular weight is 614 g/mol. The zero-order valence-electron chi connectivity index (χ0n) is 26.3. The van der Waals surface area contributed by atoms with Gasteiger partial charge >= 0.3 is 0 Å². The minimum Gasteiger partial charge on any atom is -0.456 e. The zero-order chi connectivity index (χ0) is 31.9. The maximum atomic E-state index is 6.29. The van der Waals surface area contributed by atoms with Crippen molar-refractivity contribution in [2.45, 2.75) is 0 Å². The topological polar surface area (TPSA) is 16.4 Å². The summed E-state index contributed by atoms with van der Waals surface area (Å²) < 4.78 is 6.29. The molecule has 0 saturated carbocycles. The molecule has 0 aliphatic heterocycles. The molecule has 0 bridgehead atoms. The van der Waals surface area contributed by atoms with Gasteiger partial charge in [-0.1, -0.05) is 140 Å². The number of hydrogen-bond acceptors (Lipinski definition) is 2. The summed E-state index contributed by atoms with van der Waals surface area (Å²) in [6.45, 7) is 0.